The average Bonchev–Trinajstić information content (AvgIpc) is 2.90. The fraction of sp³-hybridized carbons (Fsp3) is 0.435. The third kappa shape index (κ3) is 3.23. The second-order valence-electron chi connectivity index (χ2n) is 9.08. The van der Waals surface area contributed by atoms with Gasteiger partial charge in [-0.2, -0.15) is 0 Å². The van der Waals surface area contributed by atoms with Crippen molar-refractivity contribution in [1.29, 1.82) is 0 Å². The lowest BCUT2D eigenvalue weighted by molar-refractivity contribution is 0.121. The van der Waals surface area contributed by atoms with E-state index in [0.29, 0.717) is 0 Å². The van der Waals surface area contributed by atoms with Crippen molar-refractivity contribution in [3.8, 4) is 0 Å². The average molecular weight is 351 g/mol. The molecule has 0 saturated carbocycles. The van der Waals surface area contributed by atoms with Gasteiger partial charge in [-0.3, -0.25) is 0 Å². The number of hydrogen-bond acceptors (Lipinski definition) is 1. The third-order valence-corrected chi connectivity index (χ3v) is 5.00. The van der Waals surface area contributed by atoms with E-state index >= 15 is 0 Å². The highest BCUT2D eigenvalue weighted by molar-refractivity contribution is 5.80. The predicted octanol–water partition coefficient (Wildman–Crippen LogP) is 5.80. The normalized spacial score (nSPS) is 21.4. The maximum atomic E-state index is 13.6. The molecule has 1 aliphatic heterocycles. The summed E-state index contributed by atoms with van der Waals surface area (Å²) in [5, 5.41) is 0. The van der Waals surface area contributed by atoms with Crippen LogP contribution in [0.15, 0.2) is 60.7 Å². The maximum absolute atomic E-state index is 13.6. The highest BCUT2D eigenvalue weighted by Gasteiger charge is 2.53. The number of urea groups is 1. The summed E-state index contributed by atoms with van der Waals surface area (Å²) in [7, 11) is 0. The molecule has 1 aliphatic rings. The topological polar surface area (TPSA) is 23.6 Å². The molecule has 0 spiro atoms. The molecule has 3 nitrogen and oxygen atoms in total. The monoisotopic (exact) mass is 350 g/mol. The first-order chi connectivity index (χ1) is 12.1. The summed E-state index contributed by atoms with van der Waals surface area (Å²) in [4.78, 5) is 17.7. The van der Waals surface area contributed by atoms with E-state index in [2.05, 4.69) is 99.9 Å². The lowest BCUT2D eigenvalue weighted by Gasteiger charge is -2.37. The molecule has 0 unspecified atom stereocenters. The molecule has 2 atom stereocenters. The molecule has 2 aromatic rings. The minimum Gasteiger partial charge on any atom is -0.310 e. The van der Waals surface area contributed by atoms with E-state index < -0.39 is 0 Å². The molecule has 0 aliphatic carbocycles. The van der Waals surface area contributed by atoms with Gasteiger partial charge >= 0.3 is 6.03 Å². The van der Waals surface area contributed by atoms with Gasteiger partial charge in [-0.05, 0) is 52.7 Å². The highest BCUT2D eigenvalue weighted by atomic mass is 16.2. The molecule has 3 rings (SSSR count). The Balaban J connectivity index is 2.24. The SMILES string of the molecule is CC(C)(C)N1C(=O)N(C(C)(C)C)[C@H](c2ccccc2)[C@H]1c1ccccc1. The molecule has 3 heteroatoms. The Kier molecular flexibility index (Phi) is 4.60. The first-order valence-corrected chi connectivity index (χ1v) is 9.35. The first kappa shape index (κ1) is 18.5. The van der Waals surface area contributed by atoms with Crippen molar-refractivity contribution < 1.29 is 4.79 Å². The van der Waals surface area contributed by atoms with Gasteiger partial charge in [0.1, 0.15) is 0 Å². The second-order valence-corrected chi connectivity index (χ2v) is 9.08. The van der Waals surface area contributed by atoms with Crippen LogP contribution in [-0.2, 0) is 0 Å². The van der Waals surface area contributed by atoms with E-state index in [1.807, 2.05) is 12.1 Å². The Hall–Kier alpha value is -2.29. The molecule has 2 amide bonds. The second kappa shape index (κ2) is 6.46. The summed E-state index contributed by atoms with van der Waals surface area (Å²) >= 11 is 0. The smallest absolute Gasteiger partial charge is 0.310 e. The van der Waals surface area contributed by atoms with Crippen molar-refractivity contribution in [3.05, 3.63) is 71.8 Å². The number of amides is 2. The molecule has 2 aromatic carbocycles. The van der Waals surface area contributed by atoms with E-state index in [-0.39, 0.29) is 29.2 Å². The van der Waals surface area contributed by atoms with Crippen LogP contribution in [0.2, 0.25) is 0 Å². The van der Waals surface area contributed by atoms with Gasteiger partial charge in [0, 0.05) is 11.1 Å². The summed E-state index contributed by atoms with van der Waals surface area (Å²) in [5.41, 5.74) is 1.81. The van der Waals surface area contributed by atoms with Crippen molar-refractivity contribution in [2.24, 2.45) is 0 Å². The summed E-state index contributed by atoms with van der Waals surface area (Å²) in [6.07, 6.45) is 0. The van der Waals surface area contributed by atoms with Crippen LogP contribution < -0.4 is 0 Å². The van der Waals surface area contributed by atoms with E-state index in [9.17, 15) is 4.79 Å². The van der Waals surface area contributed by atoms with Crippen LogP contribution >= 0.6 is 0 Å². The molecule has 0 radical (unpaired) electrons. The van der Waals surface area contributed by atoms with Crippen LogP contribution in [0, 0.1) is 0 Å². The minimum atomic E-state index is -0.273. The van der Waals surface area contributed by atoms with E-state index in [1.54, 1.807) is 0 Å². The maximum Gasteiger partial charge on any atom is 0.322 e. The fourth-order valence-corrected chi connectivity index (χ4v) is 4.01. The number of carbonyl (C=O) groups excluding carboxylic acids is 1. The predicted molar refractivity (Wildman–Crippen MR) is 107 cm³/mol. The van der Waals surface area contributed by atoms with Crippen LogP contribution in [0.5, 0.6) is 0 Å². The summed E-state index contributed by atoms with van der Waals surface area (Å²) in [6.45, 7) is 12.7. The summed E-state index contributed by atoms with van der Waals surface area (Å²) in [5.74, 6) is 0. The Morgan fingerprint density at radius 2 is 0.923 bits per heavy atom. The van der Waals surface area contributed by atoms with Crippen LogP contribution in [0.3, 0.4) is 0 Å². The largest absolute Gasteiger partial charge is 0.322 e. The molecule has 138 valence electrons. The zero-order valence-electron chi connectivity index (χ0n) is 16.7. The Labute approximate surface area is 157 Å². The van der Waals surface area contributed by atoms with Crippen molar-refractivity contribution in [2.45, 2.75) is 64.7 Å². The van der Waals surface area contributed by atoms with E-state index in [4.69, 9.17) is 0 Å². The molecule has 1 heterocycles. The minimum absolute atomic E-state index is 0.0228. The molecule has 1 fully saturated rings. The van der Waals surface area contributed by atoms with Crippen molar-refractivity contribution >= 4 is 6.03 Å². The molecular formula is C23H30N2O. The van der Waals surface area contributed by atoms with Crippen LogP contribution in [0.4, 0.5) is 4.79 Å². The van der Waals surface area contributed by atoms with Gasteiger partial charge in [-0.1, -0.05) is 60.7 Å². The van der Waals surface area contributed by atoms with Gasteiger partial charge in [0.15, 0.2) is 0 Å². The zero-order chi connectivity index (χ0) is 19.1. The van der Waals surface area contributed by atoms with Gasteiger partial charge in [-0.15, -0.1) is 0 Å². The zero-order valence-corrected chi connectivity index (χ0v) is 16.7. The van der Waals surface area contributed by atoms with Crippen molar-refractivity contribution in [3.63, 3.8) is 0 Å². The van der Waals surface area contributed by atoms with Crippen LogP contribution in [0.1, 0.15) is 64.8 Å². The van der Waals surface area contributed by atoms with Gasteiger partial charge in [0.25, 0.3) is 0 Å². The van der Waals surface area contributed by atoms with Crippen molar-refractivity contribution in [2.75, 3.05) is 0 Å². The molecule has 0 aromatic heterocycles. The summed E-state index contributed by atoms with van der Waals surface area (Å²) in [6, 6.07) is 20.9. The number of carbonyl (C=O) groups is 1. The van der Waals surface area contributed by atoms with Gasteiger partial charge in [0.05, 0.1) is 12.1 Å². The molecular weight excluding hydrogens is 320 g/mol. The standard InChI is InChI=1S/C23H30N2O/c1-22(2,3)24-19(17-13-9-7-10-14-17)20(18-15-11-8-12-16-18)25(21(24)26)23(4,5)6/h7-16,19-20H,1-6H3/t19-,20-/m1/s1. The van der Waals surface area contributed by atoms with Gasteiger partial charge in [-0.25, -0.2) is 4.79 Å². The number of benzene rings is 2. The number of rotatable bonds is 2. The molecule has 26 heavy (non-hydrogen) atoms. The quantitative estimate of drug-likeness (QED) is 0.671. The lowest BCUT2D eigenvalue weighted by Crippen LogP contribution is -2.49. The van der Waals surface area contributed by atoms with Crippen LogP contribution in [0.25, 0.3) is 0 Å². The number of hydrogen-bond donors (Lipinski definition) is 0. The Bertz CT molecular complexity index is 691. The number of nitrogens with zero attached hydrogens (tertiary/aromatic N) is 2. The fourth-order valence-electron chi connectivity index (χ4n) is 4.01. The van der Waals surface area contributed by atoms with Crippen LogP contribution in [-0.4, -0.2) is 26.9 Å². The lowest BCUT2D eigenvalue weighted by atomic mass is 9.89. The molecule has 1 saturated heterocycles. The Morgan fingerprint density at radius 3 is 1.19 bits per heavy atom. The Morgan fingerprint density at radius 1 is 0.615 bits per heavy atom. The van der Waals surface area contributed by atoms with E-state index in [0.717, 1.165) is 0 Å². The highest BCUT2D eigenvalue weighted by Crippen LogP contribution is 2.50. The van der Waals surface area contributed by atoms with Crippen molar-refractivity contribution in [1.82, 2.24) is 9.80 Å². The van der Waals surface area contributed by atoms with Gasteiger partial charge in [0.2, 0.25) is 0 Å². The third-order valence-electron chi connectivity index (χ3n) is 5.00. The van der Waals surface area contributed by atoms with Gasteiger partial charge < -0.3 is 9.80 Å². The molecule has 0 bridgehead atoms. The van der Waals surface area contributed by atoms with E-state index in [1.165, 1.54) is 11.1 Å². The summed E-state index contributed by atoms with van der Waals surface area (Å²) < 4.78 is 0. The molecule has 0 N–H and O–H groups in total. The first-order valence-electron chi connectivity index (χ1n) is 9.35.